The van der Waals surface area contributed by atoms with Gasteiger partial charge < -0.3 is 14.6 Å². The van der Waals surface area contributed by atoms with Crippen LogP contribution in [0.3, 0.4) is 0 Å². The Hall–Kier alpha value is -4.84. The lowest BCUT2D eigenvalue weighted by atomic mass is 9.95. The molecule has 0 aliphatic carbocycles. The van der Waals surface area contributed by atoms with Gasteiger partial charge in [0.1, 0.15) is 23.0 Å². The molecule has 1 amide bonds. The third-order valence-electron chi connectivity index (χ3n) is 6.49. The Kier molecular flexibility index (Phi) is 7.46. The molecule has 196 valence electrons. The summed E-state index contributed by atoms with van der Waals surface area (Å²) in [6.07, 6.45) is 0.833. The average molecular weight is 520 g/mol. The van der Waals surface area contributed by atoms with Crippen LogP contribution >= 0.6 is 0 Å². The van der Waals surface area contributed by atoms with Gasteiger partial charge >= 0.3 is 0 Å². The zero-order valence-corrected chi connectivity index (χ0v) is 21.8. The highest BCUT2D eigenvalue weighted by Crippen LogP contribution is 2.43. The summed E-state index contributed by atoms with van der Waals surface area (Å²) >= 11 is 0. The smallest absolute Gasteiger partial charge is 0.300 e. The number of hydrogen-bond acceptors (Lipinski definition) is 5. The van der Waals surface area contributed by atoms with Crippen molar-refractivity contribution in [3.63, 3.8) is 0 Å². The first kappa shape index (κ1) is 25.8. The maximum absolute atomic E-state index is 13.5. The van der Waals surface area contributed by atoms with Crippen molar-refractivity contribution >= 4 is 23.1 Å². The van der Waals surface area contributed by atoms with Gasteiger partial charge in [0.2, 0.25) is 0 Å². The number of hydrogen-bond donors (Lipinski definition) is 1. The van der Waals surface area contributed by atoms with E-state index in [1.54, 1.807) is 42.5 Å². The van der Waals surface area contributed by atoms with Gasteiger partial charge in [-0.3, -0.25) is 14.5 Å². The molecule has 5 rings (SSSR count). The molecule has 0 radical (unpaired) electrons. The molecule has 1 heterocycles. The Labute approximate surface area is 227 Å². The Morgan fingerprint density at radius 1 is 0.821 bits per heavy atom. The van der Waals surface area contributed by atoms with E-state index in [0.717, 1.165) is 12.0 Å². The Morgan fingerprint density at radius 3 is 2.26 bits per heavy atom. The first-order valence-electron chi connectivity index (χ1n) is 12.9. The summed E-state index contributed by atoms with van der Waals surface area (Å²) in [5, 5.41) is 11.5. The molecule has 6 heteroatoms. The summed E-state index contributed by atoms with van der Waals surface area (Å²) < 4.78 is 11.8. The van der Waals surface area contributed by atoms with Crippen LogP contribution in [0.1, 0.15) is 36.1 Å². The second-order valence-electron chi connectivity index (χ2n) is 9.37. The van der Waals surface area contributed by atoms with Gasteiger partial charge in [0.05, 0.1) is 18.2 Å². The molecule has 39 heavy (non-hydrogen) atoms. The molecule has 0 saturated carbocycles. The standard InChI is InChI=1S/C33H29NO5/c1-3-19-38-27-13-8-10-24(21-27)31(35)29-30(34(33(37)32(29)36)25-17-15-22(2)16-18-25)23-9-7-14-28(20-23)39-26-11-5-4-6-12-26/h4-18,20-21,30,35H,3,19H2,1-2H3/b31-29-. The normalized spacial score (nSPS) is 16.4. The molecule has 0 aromatic heterocycles. The SMILES string of the molecule is CCCOc1cccc(/C(O)=C2/C(=O)C(=O)N(c3ccc(C)cc3)C2c2cccc(Oc3ccccc3)c2)c1. The van der Waals surface area contributed by atoms with Crippen molar-refractivity contribution in [2.24, 2.45) is 0 Å². The number of benzene rings is 4. The van der Waals surface area contributed by atoms with Crippen LogP contribution in [0.25, 0.3) is 5.76 Å². The molecule has 1 fully saturated rings. The highest BCUT2D eigenvalue weighted by atomic mass is 16.5. The minimum Gasteiger partial charge on any atom is -0.507 e. The summed E-state index contributed by atoms with van der Waals surface area (Å²) in [4.78, 5) is 28.4. The van der Waals surface area contributed by atoms with E-state index >= 15 is 0 Å². The number of ketones is 1. The van der Waals surface area contributed by atoms with E-state index in [-0.39, 0.29) is 11.3 Å². The fourth-order valence-electron chi connectivity index (χ4n) is 4.60. The quantitative estimate of drug-likeness (QED) is 0.151. The van der Waals surface area contributed by atoms with Crippen LogP contribution in [0, 0.1) is 6.92 Å². The zero-order valence-electron chi connectivity index (χ0n) is 21.8. The minimum atomic E-state index is -0.868. The van der Waals surface area contributed by atoms with Crippen molar-refractivity contribution in [1.82, 2.24) is 0 Å². The zero-order chi connectivity index (χ0) is 27.4. The van der Waals surface area contributed by atoms with Gasteiger partial charge in [0.25, 0.3) is 11.7 Å². The van der Waals surface area contributed by atoms with Crippen LogP contribution in [-0.4, -0.2) is 23.4 Å². The summed E-state index contributed by atoms with van der Waals surface area (Å²) in [6, 6.07) is 30.0. The largest absolute Gasteiger partial charge is 0.507 e. The van der Waals surface area contributed by atoms with Crippen molar-refractivity contribution in [3.05, 3.63) is 125 Å². The van der Waals surface area contributed by atoms with Gasteiger partial charge in [0.15, 0.2) is 0 Å². The van der Waals surface area contributed by atoms with Gasteiger partial charge in [-0.2, -0.15) is 0 Å². The van der Waals surface area contributed by atoms with E-state index < -0.39 is 17.7 Å². The van der Waals surface area contributed by atoms with Gasteiger partial charge in [-0.25, -0.2) is 0 Å². The number of anilines is 1. The third-order valence-corrected chi connectivity index (χ3v) is 6.49. The number of carbonyl (C=O) groups excluding carboxylic acids is 2. The molecular formula is C33H29NO5. The minimum absolute atomic E-state index is 0.00470. The molecule has 1 saturated heterocycles. The van der Waals surface area contributed by atoms with E-state index in [9.17, 15) is 14.7 Å². The maximum atomic E-state index is 13.5. The molecule has 1 aliphatic rings. The van der Waals surface area contributed by atoms with Crippen molar-refractivity contribution < 1.29 is 24.2 Å². The average Bonchev–Trinajstić information content (AvgIpc) is 3.23. The van der Waals surface area contributed by atoms with Crippen LogP contribution in [0.2, 0.25) is 0 Å². The Morgan fingerprint density at radius 2 is 1.51 bits per heavy atom. The third kappa shape index (κ3) is 5.41. The molecule has 6 nitrogen and oxygen atoms in total. The number of amides is 1. The summed E-state index contributed by atoms with van der Waals surface area (Å²) in [7, 11) is 0. The van der Waals surface area contributed by atoms with Gasteiger partial charge in [-0.05, 0) is 67.4 Å². The Balaban J connectivity index is 1.64. The number of para-hydroxylation sites is 1. The molecule has 4 aromatic rings. The summed E-state index contributed by atoms with van der Waals surface area (Å²) in [5.41, 5.74) is 2.61. The lowest BCUT2D eigenvalue weighted by molar-refractivity contribution is -0.132. The number of aliphatic hydroxyl groups excluding tert-OH is 1. The van der Waals surface area contributed by atoms with Crippen LogP contribution in [0.4, 0.5) is 5.69 Å². The fraction of sp³-hybridized carbons (Fsp3) is 0.152. The predicted octanol–water partition coefficient (Wildman–Crippen LogP) is 7.20. The predicted molar refractivity (Wildman–Crippen MR) is 151 cm³/mol. The Bertz CT molecular complexity index is 1530. The number of carbonyl (C=O) groups is 2. The number of nitrogens with zero attached hydrogens (tertiary/aromatic N) is 1. The van der Waals surface area contributed by atoms with Gasteiger partial charge in [0, 0.05) is 11.3 Å². The molecule has 4 aromatic carbocycles. The van der Waals surface area contributed by atoms with Crippen LogP contribution in [0.15, 0.2) is 109 Å². The van der Waals surface area contributed by atoms with Gasteiger partial charge in [-0.15, -0.1) is 0 Å². The second kappa shape index (κ2) is 11.3. The number of rotatable bonds is 8. The highest BCUT2D eigenvalue weighted by Gasteiger charge is 2.47. The summed E-state index contributed by atoms with van der Waals surface area (Å²) in [5.74, 6) is 0.0487. The van der Waals surface area contributed by atoms with Crippen molar-refractivity contribution in [3.8, 4) is 17.2 Å². The van der Waals surface area contributed by atoms with Crippen LogP contribution < -0.4 is 14.4 Å². The van der Waals surface area contributed by atoms with E-state index in [0.29, 0.717) is 40.7 Å². The van der Waals surface area contributed by atoms with Gasteiger partial charge in [-0.1, -0.05) is 67.1 Å². The second-order valence-corrected chi connectivity index (χ2v) is 9.37. The van der Waals surface area contributed by atoms with E-state index in [4.69, 9.17) is 9.47 Å². The molecule has 1 atom stereocenters. The monoisotopic (exact) mass is 519 g/mol. The number of Topliss-reactive ketones (excluding diaryl/α,β-unsaturated/α-hetero) is 1. The van der Waals surface area contributed by atoms with Crippen LogP contribution in [-0.2, 0) is 9.59 Å². The lowest BCUT2D eigenvalue weighted by Crippen LogP contribution is -2.29. The summed E-state index contributed by atoms with van der Waals surface area (Å²) in [6.45, 7) is 4.48. The lowest BCUT2D eigenvalue weighted by Gasteiger charge is -2.26. The van der Waals surface area contributed by atoms with Crippen LogP contribution in [0.5, 0.6) is 17.2 Å². The topological polar surface area (TPSA) is 76.1 Å². The first-order chi connectivity index (χ1) is 19.0. The molecule has 0 bridgehead atoms. The van der Waals surface area contributed by atoms with E-state index in [2.05, 4.69) is 0 Å². The molecule has 1 unspecified atom stereocenters. The molecule has 1 aliphatic heterocycles. The number of ether oxygens (including phenoxy) is 2. The van der Waals surface area contributed by atoms with E-state index in [1.807, 2.05) is 74.5 Å². The molecule has 0 spiro atoms. The molecule has 1 N–H and O–H groups in total. The number of aryl methyl sites for hydroxylation is 1. The highest BCUT2D eigenvalue weighted by molar-refractivity contribution is 6.51. The number of aliphatic hydroxyl groups is 1. The first-order valence-corrected chi connectivity index (χ1v) is 12.9. The molecular weight excluding hydrogens is 490 g/mol. The van der Waals surface area contributed by atoms with Crippen molar-refractivity contribution in [2.75, 3.05) is 11.5 Å². The maximum Gasteiger partial charge on any atom is 0.300 e. The van der Waals surface area contributed by atoms with Crippen molar-refractivity contribution in [2.45, 2.75) is 26.3 Å². The van der Waals surface area contributed by atoms with E-state index in [1.165, 1.54) is 4.90 Å². The fourth-order valence-corrected chi connectivity index (χ4v) is 4.60. The van der Waals surface area contributed by atoms with Crippen molar-refractivity contribution in [1.29, 1.82) is 0 Å².